The molecule has 0 saturated heterocycles. The van der Waals surface area contributed by atoms with Gasteiger partial charge in [-0.1, -0.05) is 30.3 Å². The highest BCUT2D eigenvalue weighted by Crippen LogP contribution is 2.25. The molecule has 0 radical (unpaired) electrons. The van der Waals surface area contributed by atoms with Gasteiger partial charge in [-0.3, -0.25) is 0 Å². The number of fused-ring (bicyclic) bond motifs is 1. The molecule has 2 aromatic carbocycles. The molecule has 0 N–H and O–H groups in total. The summed E-state index contributed by atoms with van der Waals surface area (Å²) < 4.78 is 0. The van der Waals surface area contributed by atoms with E-state index in [2.05, 4.69) is 10.1 Å². The summed E-state index contributed by atoms with van der Waals surface area (Å²) in [6, 6.07) is 13.1. The third-order valence-corrected chi connectivity index (χ3v) is 2.13. The zero-order chi connectivity index (χ0) is 10.7. The zero-order valence-corrected chi connectivity index (χ0v) is 8.25. The molecule has 0 amide bonds. The lowest BCUT2D eigenvalue weighted by Gasteiger charge is -2.02. The highest BCUT2D eigenvalue weighted by molar-refractivity contribution is 5.90. The number of hydrogen-bond donors (Lipinski definition) is 0. The minimum atomic E-state index is 0.475. The molecule has 0 saturated carbocycles. The van der Waals surface area contributed by atoms with Crippen LogP contribution < -0.4 is 0 Å². The lowest BCUT2D eigenvalue weighted by molar-refractivity contribution is -0.475. The van der Waals surface area contributed by atoms with Gasteiger partial charge < -0.3 is 10.0 Å². The molecule has 0 aliphatic rings. The van der Waals surface area contributed by atoms with E-state index in [-0.39, 0.29) is 0 Å². The van der Waals surface area contributed by atoms with E-state index in [1.54, 1.807) is 6.07 Å². The predicted molar refractivity (Wildman–Crippen MR) is 56.7 cm³/mol. The van der Waals surface area contributed by atoms with Gasteiger partial charge in [0, 0.05) is 6.07 Å². The lowest BCUT2D eigenvalue weighted by Crippen LogP contribution is -1.92. The first-order chi connectivity index (χ1) is 7.33. The second-order valence-electron chi connectivity index (χ2n) is 3.04. The van der Waals surface area contributed by atoms with Crippen LogP contribution in [0.25, 0.3) is 10.8 Å². The molecule has 0 unspecified atom stereocenters. The van der Waals surface area contributed by atoms with E-state index in [0.717, 1.165) is 10.8 Å². The molecule has 0 atom stereocenters. The van der Waals surface area contributed by atoms with Crippen molar-refractivity contribution in [1.82, 2.24) is 0 Å². The SMILES string of the molecule is CO/N=[N+](\[O-])c1cccc2ccccc12. The van der Waals surface area contributed by atoms with Crippen molar-refractivity contribution in [2.75, 3.05) is 7.11 Å². The zero-order valence-electron chi connectivity index (χ0n) is 8.25. The van der Waals surface area contributed by atoms with Crippen molar-refractivity contribution in [2.24, 2.45) is 5.28 Å². The van der Waals surface area contributed by atoms with E-state index < -0.39 is 0 Å². The van der Waals surface area contributed by atoms with Crippen LogP contribution in [0.3, 0.4) is 0 Å². The van der Waals surface area contributed by atoms with Crippen molar-refractivity contribution in [3.8, 4) is 0 Å². The average molecular weight is 202 g/mol. The second kappa shape index (κ2) is 3.96. The summed E-state index contributed by atoms with van der Waals surface area (Å²) in [5, 5.41) is 16.7. The molecular formula is C11H10N2O2. The molecular weight excluding hydrogens is 192 g/mol. The fourth-order valence-corrected chi connectivity index (χ4v) is 1.49. The predicted octanol–water partition coefficient (Wildman–Crippen LogP) is 3.00. The van der Waals surface area contributed by atoms with Gasteiger partial charge in [-0.2, -0.15) is 0 Å². The van der Waals surface area contributed by atoms with Crippen molar-refractivity contribution < 1.29 is 9.70 Å². The van der Waals surface area contributed by atoms with Gasteiger partial charge in [0.15, 0.2) is 0 Å². The maximum Gasteiger partial charge on any atom is 0.256 e. The molecule has 0 aliphatic heterocycles. The summed E-state index contributed by atoms with van der Waals surface area (Å²) in [6.07, 6.45) is 0. The molecule has 76 valence electrons. The molecule has 0 fully saturated rings. The minimum absolute atomic E-state index is 0.475. The monoisotopic (exact) mass is 202 g/mol. The van der Waals surface area contributed by atoms with Gasteiger partial charge in [-0.25, -0.2) is 0 Å². The second-order valence-corrected chi connectivity index (χ2v) is 3.04. The number of rotatable bonds is 2. The molecule has 2 rings (SSSR count). The van der Waals surface area contributed by atoms with Gasteiger partial charge in [-0.15, -0.1) is 0 Å². The van der Waals surface area contributed by atoms with Crippen molar-refractivity contribution in [3.05, 3.63) is 47.7 Å². The van der Waals surface area contributed by atoms with Crippen LogP contribution in [-0.2, 0) is 4.84 Å². The molecule has 0 bridgehead atoms. The molecule has 0 heterocycles. The largest absolute Gasteiger partial charge is 0.592 e. The molecule has 4 heteroatoms. The highest BCUT2D eigenvalue weighted by Gasteiger charge is 2.08. The summed E-state index contributed by atoms with van der Waals surface area (Å²) in [5.41, 5.74) is 0.481. The Kier molecular flexibility index (Phi) is 2.49. The molecule has 0 spiro atoms. The Morgan fingerprint density at radius 2 is 1.87 bits per heavy atom. The molecule has 4 nitrogen and oxygen atoms in total. The molecule has 15 heavy (non-hydrogen) atoms. The lowest BCUT2D eigenvalue weighted by atomic mass is 10.1. The van der Waals surface area contributed by atoms with Crippen molar-refractivity contribution in [3.63, 3.8) is 0 Å². The Balaban J connectivity index is 2.66. The van der Waals surface area contributed by atoms with E-state index in [9.17, 15) is 5.21 Å². The number of nitrogens with zero attached hydrogens (tertiary/aromatic N) is 2. The smallest absolute Gasteiger partial charge is 0.256 e. The Bertz CT molecular complexity index is 503. The first-order valence-electron chi connectivity index (χ1n) is 4.52. The van der Waals surface area contributed by atoms with Crippen LogP contribution in [0.4, 0.5) is 5.69 Å². The van der Waals surface area contributed by atoms with Crippen LogP contribution >= 0.6 is 0 Å². The van der Waals surface area contributed by atoms with Gasteiger partial charge in [-0.05, 0) is 16.3 Å². The first kappa shape index (κ1) is 9.45. The van der Waals surface area contributed by atoms with Gasteiger partial charge in [0.2, 0.25) is 5.28 Å². The fraction of sp³-hybridized carbons (Fsp3) is 0.0909. The van der Waals surface area contributed by atoms with E-state index in [1.165, 1.54) is 7.11 Å². The summed E-state index contributed by atoms with van der Waals surface area (Å²) in [4.78, 5) is 4.92. The van der Waals surface area contributed by atoms with E-state index in [0.29, 0.717) is 10.5 Å². The third kappa shape index (κ3) is 1.74. The average Bonchev–Trinajstić information content (AvgIpc) is 2.28. The Labute approximate surface area is 87.0 Å². The van der Waals surface area contributed by atoms with Crippen LogP contribution in [0.5, 0.6) is 0 Å². The standard InChI is InChI=1S/C11H10N2O2/c1-15-12-13(14)11-8-4-6-9-5-2-3-7-10(9)11/h2-8H,1H3/b13-12-. The number of benzene rings is 2. The van der Waals surface area contributed by atoms with Crippen molar-refractivity contribution in [1.29, 1.82) is 0 Å². The first-order valence-corrected chi connectivity index (χ1v) is 4.52. The van der Waals surface area contributed by atoms with Crippen LogP contribution in [0, 0.1) is 5.21 Å². The van der Waals surface area contributed by atoms with Crippen LogP contribution in [-0.4, -0.2) is 12.0 Å². The third-order valence-electron chi connectivity index (χ3n) is 2.13. The summed E-state index contributed by atoms with van der Waals surface area (Å²) >= 11 is 0. The van der Waals surface area contributed by atoms with Gasteiger partial charge >= 0.3 is 0 Å². The van der Waals surface area contributed by atoms with Crippen LogP contribution in [0.1, 0.15) is 0 Å². The van der Waals surface area contributed by atoms with Gasteiger partial charge in [0.25, 0.3) is 5.69 Å². The van der Waals surface area contributed by atoms with Crippen molar-refractivity contribution in [2.45, 2.75) is 0 Å². The van der Waals surface area contributed by atoms with Gasteiger partial charge in [0.1, 0.15) is 7.11 Å². The minimum Gasteiger partial charge on any atom is -0.592 e. The van der Waals surface area contributed by atoms with E-state index in [4.69, 9.17) is 0 Å². The van der Waals surface area contributed by atoms with Crippen molar-refractivity contribution >= 4 is 16.5 Å². The molecule has 2 aromatic rings. The molecule has 0 aromatic heterocycles. The van der Waals surface area contributed by atoms with Crippen LogP contribution in [0.15, 0.2) is 47.7 Å². The fourth-order valence-electron chi connectivity index (χ4n) is 1.49. The summed E-state index contributed by atoms with van der Waals surface area (Å²) in [5.74, 6) is 0. The quantitative estimate of drug-likeness (QED) is 0.427. The van der Waals surface area contributed by atoms with E-state index >= 15 is 0 Å². The summed E-state index contributed by atoms with van der Waals surface area (Å²) in [6.45, 7) is 0. The Hall–Kier alpha value is -2.10. The topological polar surface area (TPSA) is 47.7 Å². The summed E-state index contributed by atoms with van der Waals surface area (Å²) in [7, 11) is 1.34. The normalized spacial score (nSPS) is 11.7. The maximum absolute atomic E-state index is 11.5. The molecule has 0 aliphatic carbocycles. The maximum atomic E-state index is 11.5. The Morgan fingerprint density at radius 3 is 2.67 bits per heavy atom. The van der Waals surface area contributed by atoms with Gasteiger partial charge in [0.05, 0.1) is 5.39 Å². The Morgan fingerprint density at radius 1 is 1.13 bits per heavy atom. The van der Waals surface area contributed by atoms with E-state index in [1.807, 2.05) is 36.4 Å². The highest BCUT2D eigenvalue weighted by atomic mass is 16.7. The number of hydrogen-bond acceptors (Lipinski definition) is 3. The van der Waals surface area contributed by atoms with Crippen LogP contribution in [0.2, 0.25) is 0 Å².